The number of hydrogen-bond acceptors (Lipinski definition) is 4. The van der Waals surface area contributed by atoms with Crippen LogP contribution >= 0.6 is 22.6 Å². The molecule has 0 aromatic heterocycles. The lowest BCUT2D eigenvalue weighted by Crippen LogP contribution is -2.35. The molecule has 6 heteroatoms. The van der Waals surface area contributed by atoms with Crippen LogP contribution in [-0.4, -0.2) is 42.4 Å². The van der Waals surface area contributed by atoms with Crippen LogP contribution in [0.5, 0.6) is 5.75 Å². The Bertz CT molecular complexity index is 648. The number of halogens is 1. The van der Waals surface area contributed by atoms with Crippen LogP contribution in [0.2, 0.25) is 0 Å². The highest BCUT2D eigenvalue weighted by Crippen LogP contribution is 2.45. The van der Waals surface area contributed by atoms with Gasteiger partial charge in [-0.15, -0.1) is 0 Å². The summed E-state index contributed by atoms with van der Waals surface area (Å²) in [6, 6.07) is 2.14. The summed E-state index contributed by atoms with van der Waals surface area (Å²) in [5, 5.41) is 11.2. The van der Waals surface area contributed by atoms with E-state index < -0.39 is 5.60 Å². The van der Waals surface area contributed by atoms with E-state index in [9.17, 15) is 9.90 Å². The van der Waals surface area contributed by atoms with Gasteiger partial charge in [0.25, 0.3) is 0 Å². The molecule has 1 atom stereocenters. The van der Waals surface area contributed by atoms with E-state index in [0.717, 1.165) is 33.3 Å². The minimum absolute atomic E-state index is 0.254. The van der Waals surface area contributed by atoms with Crippen LogP contribution in [-0.2, 0) is 23.2 Å². The number of carbonyl (C=O) groups excluding carboxylic acids is 1. The monoisotopic (exact) mass is 445 g/mol. The summed E-state index contributed by atoms with van der Waals surface area (Å²) < 4.78 is 12.1. The molecule has 0 aliphatic carbocycles. The molecule has 1 amide bonds. The van der Waals surface area contributed by atoms with Gasteiger partial charge in [0.05, 0.1) is 22.4 Å². The molecule has 0 radical (unpaired) electrons. The molecular formula is C18H24INO4. The third-order valence-corrected chi connectivity index (χ3v) is 5.86. The fraction of sp³-hybridized carbons (Fsp3) is 0.611. The Kier molecular flexibility index (Phi) is 5.24. The molecule has 24 heavy (non-hydrogen) atoms. The van der Waals surface area contributed by atoms with Crippen molar-refractivity contribution in [1.29, 1.82) is 0 Å². The highest BCUT2D eigenvalue weighted by atomic mass is 127. The Morgan fingerprint density at radius 3 is 2.88 bits per heavy atom. The zero-order chi connectivity index (χ0) is 17.3. The Hall–Kier alpha value is -1.02. The smallest absolute Gasteiger partial charge is 0.409 e. The summed E-state index contributed by atoms with van der Waals surface area (Å²) in [5.74, 6) is 0.828. The van der Waals surface area contributed by atoms with Crippen molar-refractivity contribution in [2.24, 2.45) is 0 Å². The second-order valence-electron chi connectivity index (χ2n) is 6.37. The maximum Gasteiger partial charge on any atom is 0.409 e. The third kappa shape index (κ3) is 3.10. The normalized spacial score (nSPS) is 22.9. The van der Waals surface area contributed by atoms with E-state index in [1.807, 2.05) is 13.8 Å². The van der Waals surface area contributed by atoms with E-state index >= 15 is 0 Å². The first kappa shape index (κ1) is 17.8. The second-order valence-corrected chi connectivity index (χ2v) is 7.53. The van der Waals surface area contributed by atoms with Gasteiger partial charge >= 0.3 is 6.09 Å². The quantitative estimate of drug-likeness (QED) is 0.711. The van der Waals surface area contributed by atoms with Crippen molar-refractivity contribution in [3.63, 3.8) is 0 Å². The molecule has 0 saturated carbocycles. The van der Waals surface area contributed by atoms with Crippen molar-refractivity contribution in [1.82, 2.24) is 4.90 Å². The molecule has 3 rings (SSSR count). The maximum atomic E-state index is 12.1. The van der Waals surface area contributed by atoms with Crippen LogP contribution in [0.4, 0.5) is 4.79 Å². The number of hydrogen-bond donors (Lipinski definition) is 1. The predicted octanol–water partition coefficient (Wildman–Crippen LogP) is 3.23. The first-order valence-electron chi connectivity index (χ1n) is 8.61. The van der Waals surface area contributed by atoms with Crippen LogP contribution in [0.1, 0.15) is 43.4 Å². The van der Waals surface area contributed by atoms with Gasteiger partial charge < -0.3 is 19.5 Å². The zero-order valence-corrected chi connectivity index (χ0v) is 16.4. The minimum atomic E-state index is -0.835. The SMILES string of the molecule is CCOC(=O)N1CCc2cc(I)c3c(c2CC1)C(O)(CC)CCO3. The molecule has 0 fully saturated rings. The van der Waals surface area contributed by atoms with Gasteiger partial charge in [0, 0.05) is 25.1 Å². The van der Waals surface area contributed by atoms with E-state index in [1.165, 1.54) is 5.56 Å². The van der Waals surface area contributed by atoms with Crippen LogP contribution in [0.15, 0.2) is 6.07 Å². The van der Waals surface area contributed by atoms with E-state index in [1.54, 1.807) is 4.90 Å². The molecule has 5 nitrogen and oxygen atoms in total. The Labute approximate surface area is 156 Å². The van der Waals surface area contributed by atoms with Gasteiger partial charge in [0.2, 0.25) is 0 Å². The average molecular weight is 445 g/mol. The molecule has 0 spiro atoms. The number of ether oxygens (including phenoxy) is 2. The molecule has 1 aromatic carbocycles. The third-order valence-electron chi connectivity index (χ3n) is 5.06. The fourth-order valence-corrected chi connectivity index (χ4v) is 4.48. The van der Waals surface area contributed by atoms with Gasteiger partial charge in [-0.2, -0.15) is 0 Å². The summed E-state index contributed by atoms with van der Waals surface area (Å²) in [5.41, 5.74) is 2.48. The van der Waals surface area contributed by atoms with E-state index in [2.05, 4.69) is 28.7 Å². The standard InChI is InChI=1S/C18H24INO4/c1-3-18(22)7-10-24-16-14(19)11-12-5-8-20(17(21)23-4-2)9-6-13(12)15(16)18/h11,22H,3-10H2,1-2H3. The van der Waals surface area contributed by atoms with E-state index in [0.29, 0.717) is 39.1 Å². The van der Waals surface area contributed by atoms with Crippen molar-refractivity contribution in [3.8, 4) is 5.75 Å². The highest BCUT2D eigenvalue weighted by molar-refractivity contribution is 14.1. The summed E-state index contributed by atoms with van der Waals surface area (Å²) in [6.07, 6.45) is 2.52. The van der Waals surface area contributed by atoms with Crippen LogP contribution in [0.3, 0.4) is 0 Å². The number of fused-ring (bicyclic) bond motifs is 3. The van der Waals surface area contributed by atoms with Crippen molar-refractivity contribution >= 4 is 28.7 Å². The molecule has 1 unspecified atom stereocenters. The lowest BCUT2D eigenvalue weighted by atomic mass is 9.80. The summed E-state index contributed by atoms with van der Waals surface area (Å²) in [4.78, 5) is 13.8. The first-order valence-corrected chi connectivity index (χ1v) is 9.69. The van der Waals surface area contributed by atoms with E-state index in [-0.39, 0.29) is 6.09 Å². The van der Waals surface area contributed by atoms with Crippen molar-refractivity contribution < 1.29 is 19.4 Å². The summed E-state index contributed by atoms with van der Waals surface area (Å²) >= 11 is 2.29. The summed E-state index contributed by atoms with van der Waals surface area (Å²) in [6.45, 7) is 6.02. The molecular weight excluding hydrogens is 421 g/mol. The Morgan fingerprint density at radius 2 is 2.17 bits per heavy atom. The van der Waals surface area contributed by atoms with Crippen molar-refractivity contribution in [2.45, 2.75) is 45.1 Å². The molecule has 1 aromatic rings. The lowest BCUT2D eigenvalue weighted by molar-refractivity contribution is -0.00768. The average Bonchev–Trinajstić information content (AvgIpc) is 2.78. The number of benzene rings is 1. The summed E-state index contributed by atoms with van der Waals surface area (Å²) in [7, 11) is 0. The van der Waals surface area contributed by atoms with Gasteiger partial charge in [0.1, 0.15) is 5.75 Å². The molecule has 0 bridgehead atoms. The number of rotatable bonds is 2. The lowest BCUT2D eigenvalue weighted by Gasteiger charge is -2.36. The Morgan fingerprint density at radius 1 is 1.42 bits per heavy atom. The van der Waals surface area contributed by atoms with Gasteiger partial charge in [-0.1, -0.05) is 6.92 Å². The minimum Gasteiger partial charge on any atom is -0.492 e. The number of aliphatic hydroxyl groups is 1. The molecule has 2 aliphatic rings. The highest BCUT2D eigenvalue weighted by Gasteiger charge is 2.39. The van der Waals surface area contributed by atoms with Crippen LogP contribution in [0.25, 0.3) is 0 Å². The topological polar surface area (TPSA) is 59.0 Å². The first-order chi connectivity index (χ1) is 11.5. The second kappa shape index (κ2) is 7.07. The van der Waals surface area contributed by atoms with Gasteiger partial charge in [0.15, 0.2) is 0 Å². The zero-order valence-electron chi connectivity index (χ0n) is 14.2. The van der Waals surface area contributed by atoms with E-state index in [4.69, 9.17) is 9.47 Å². The molecule has 2 aliphatic heterocycles. The molecule has 1 N–H and O–H groups in total. The maximum absolute atomic E-state index is 12.1. The largest absolute Gasteiger partial charge is 0.492 e. The van der Waals surface area contributed by atoms with Crippen molar-refractivity contribution in [2.75, 3.05) is 26.3 Å². The molecule has 0 saturated heterocycles. The van der Waals surface area contributed by atoms with Crippen LogP contribution < -0.4 is 4.74 Å². The van der Waals surface area contributed by atoms with Crippen molar-refractivity contribution in [3.05, 3.63) is 26.3 Å². The fourth-order valence-electron chi connectivity index (χ4n) is 3.68. The van der Waals surface area contributed by atoms with Gasteiger partial charge in [-0.05, 0) is 66.0 Å². The van der Waals surface area contributed by atoms with Gasteiger partial charge in [-0.3, -0.25) is 0 Å². The number of nitrogens with zero attached hydrogens (tertiary/aromatic N) is 1. The number of carbonyl (C=O) groups is 1. The Balaban J connectivity index is 2.00. The number of amides is 1. The van der Waals surface area contributed by atoms with Crippen LogP contribution in [0, 0.1) is 3.57 Å². The van der Waals surface area contributed by atoms with Gasteiger partial charge in [-0.25, -0.2) is 4.79 Å². The molecule has 2 heterocycles. The molecule has 132 valence electrons. The predicted molar refractivity (Wildman–Crippen MR) is 99.5 cm³/mol.